The van der Waals surface area contributed by atoms with Crippen molar-refractivity contribution in [2.45, 2.75) is 65.7 Å². The Morgan fingerprint density at radius 3 is 2.47 bits per heavy atom. The third kappa shape index (κ3) is 2.19. The van der Waals surface area contributed by atoms with Crippen molar-refractivity contribution >= 4 is 5.97 Å². The summed E-state index contributed by atoms with van der Waals surface area (Å²) in [6.45, 7) is 6.30. The van der Waals surface area contributed by atoms with Crippen molar-refractivity contribution in [2.75, 3.05) is 0 Å². The van der Waals surface area contributed by atoms with Gasteiger partial charge in [0.25, 0.3) is 0 Å². The lowest BCUT2D eigenvalue weighted by atomic mass is 9.65. The van der Waals surface area contributed by atoms with Gasteiger partial charge in [-0.2, -0.15) is 0 Å². The fraction of sp³-hybridized carbons (Fsp3) is 0.923. The molecule has 1 aliphatic rings. The van der Waals surface area contributed by atoms with Gasteiger partial charge in [0.15, 0.2) is 0 Å². The summed E-state index contributed by atoms with van der Waals surface area (Å²) >= 11 is 0. The predicted molar refractivity (Wildman–Crippen MR) is 61.8 cm³/mol. The fourth-order valence-electron chi connectivity index (χ4n) is 2.94. The Morgan fingerprint density at radius 2 is 1.93 bits per heavy atom. The SMILES string of the molecule is CCCCCC1(C)CCCC1(C)C(=O)O. The zero-order valence-electron chi connectivity index (χ0n) is 10.3. The minimum Gasteiger partial charge on any atom is -0.481 e. The first-order valence-electron chi connectivity index (χ1n) is 6.20. The highest BCUT2D eigenvalue weighted by atomic mass is 16.4. The van der Waals surface area contributed by atoms with E-state index < -0.39 is 11.4 Å². The number of rotatable bonds is 5. The minimum atomic E-state index is -0.598. The van der Waals surface area contributed by atoms with Gasteiger partial charge in [0, 0.05) is 0 Å². The maximum Gasteiger partial charge on any atom is 0.309 e. The van der Waals surface area contributed by atoms with Crippen LogP contribution in [0.3, 0.4) is 0 Å². The van der Waals surface area contributed by atoms with Gasteiger partial charge in [-0.3, -0.25) is 4.79 Å². The summed E-state index contributed by atoms with van der Waals surface area (Å²) in [5.41, 5.74) is -0.464. The van der Waals surface area contributed by atoms with Gasteiger partial charge in [-0.15, -0.1) is 0 Å². The average molecular weight is 212 g/mol. The van der Waals surface area contributed by atoms with Crippen LogP contribution in [0.2, 0.25) is 0 Å². The molecular weight excluding hydrogens is 188 g/mol. The van der Waals surface area contributed by atoms with E-state index in [1.165, 1.54) is 19.3 Å². The Labute approximate surface area is 93.1 Å². The number of carbonyl (C=O) groups is 1. The van der Waals surface area contributed by atoms with Crippen LogP contribution in [0.5, 0.6) is 0 Å². The van der Waals surface area contributed by atoms with E-state index in [1.54, 1.807) is 0 Å². The monoisotopic (exact) mass is 212 g/mol. The Bertz CT molecular complexity index is 237. The molecule has 0 heterocycles. The molecule has 0 amide bonds. The Hall–Kier alpha value is -0.530. The summed E-state index contributed by atoms with van der Waals surface area (Å²) in [6.07, 6.45) is 7.70. The summed E-state index contributed by atoms with van der Waals surface area (Å²) in [5.74, 6) is -0.598. The van der Waals surface area contributed by atoms with E-state index >= 15 is 0 Å². The predicted octanol–water partition coefficient (Wildman–Crippen LogP) is 3.85. The lowest BCUT2D eigenvalue weighted by Gasteiger charge is -2.38. The summed E-state index contributed by atoms with van der Waals surface area (Å²) < 4.78 is 0. The molecule has 0 spiro atoms. The molecule has 0 bridgehead atoms. The molecule has 0 aromatic heterocycles. The molecule has 2 heteroatoms. The molecule has 0 aromatic rings. The zero-order chi connectivity index (χ0) is 11.5. The van der Waals surface area contributed by atoms with Crippen LogP contribution in [0.15, 0.2) is 0 Å². The Kier molecular flexibility index (Phi) is 3.80. The number of carboxylic acids is 1. The first-order valence-corrected chi connectivity index (χ1v) is 6.20. The second kappa shape index (κ2) is 4.54. The summed E-state index contributed by atoms with van der Waals surface area (Å²) in [7, 11) is 0. The van der Waals surface area contributed by atoms with E-state index in [0.29, 0.717) is 0 Å². The Balaban J connectivity index is 2.68. The molecule has 1 fully saturated rings. The van der Waals surface area contributed by atoms with E-state index in [2.05, 4.69) is 13.8 Å². The second-order valence-electron chi connectivity index (χ2n) is 5.51. The molecule has 0 aliphatic heterocycles. The van der Waals surface area contributed by atoms with Crippen molar-refractivity contribution < 1.29 is 9.90 Å². The van der Waals surface area contributed by atoms with Crippen LogP contribution >= 0.6 is 0 Å². The molecule has 0 saturated heterocycles. The van der Waals surface area contributed by atoms with E-state index in [0.717, 1.165) is 25.7 Å². The van der Waals surface area contributed by atoms with Crippen molar-refractivity contribution in [2.24, 2.45) is 10.8 Å². The molecule has 1 saturated carbocycles. The number of unbranched alkanes of at least 4 members (excludes halogenated alkanes) is 2. The molecule has 2 nitrogen and oxygen atoms in total. The fourth-order valence-corrected chi connectivity index (χ4v) is 2.94. The molecule has 1 rings (SSSR count). The highest BCUT2D eigenvalue weighted by Crippen LogP contribution is 2.55. The lowest BCUT2D eigenvalue weighted by molar-refractivity contribution is -0.154. The summed E-state index contributed by atoms with van der Waals surface area (Å²) in [6, 6.07) is 0. The van der Waals surface area contributed by atoms with Crippen LogP contribution in [0, 0.1) is 10.8 Å². The number of hydrogen-bond donors (Lipinski definition) is 1. The normalized spacial score (nSPS) is 35.7. The van der Waals surface area contributed by atoms with E-state index in [4.69, 9.17) is 0 Å². The van der Waals surface area contributed by atoms with Crippen molar-refractivity contribution in [3.63, 3.8) is 0 Å². The first kappa shape index (κ1) is 12.5. The van der Waals surface area contributed by atoms with Crippen molar-refractivity contribution in [1.82, 2.24) is 0 Å². The molecule has 0 radical (unpaired) electrons. The smallest absolute Gasteiger partial charge is 0.309 e. The quantitative estimate of drug-likeness (QED) is 0.703. The zero-order valence-corrected chi connectivity index (χ0v) is 10.3. The molecule has 0 aromatic carbocycles. The van der Waals surface area contributed by atoms with Gasteiger partial charge in [0.2, 0.25) is 0 Å². The van der Waals surface area contributed by atoms with Gasteiger partial charge >= 0.3 is 5.97 Å². The number of carboxylic acid groups (broad SMARTS) is 1. The topological polar surface area (TPSA) is 37.3 Å². The van der Waals surface area contributed by atoms with Crippen LogP contribution in [-0.4, -0.2) is 11.1 Å². The van der Waals surface area contributed by atoms with Gasteiger partial charge in [-0.05, 0) is 31.6 Å². The van der Waals surface area contributed by atoms with Gasteiger partial charge in [-0.25, -0.2) is 0 Å². The number of hydrogen-bond acceptors (Lipinski definition) is 1. The van der Waals surface area contributed by atoms with Gasteiger partial charge < -0.3 is 5.11 Å². The highest BCUT2D eigenvalue weighted by Gasteiger charge is 2.52. The first-order chi connectivity index (χ1) is 6.96. The van der Waals surface area contributed by atoms with Gasteiger partial charge in [0.05, 0.1) is 5.41 Å². The molecule has 88 valence electrons. The maximum atomic E-state index is 11.4. The van der Waals surface area contributed by atoms with Crippen LogP contribution in [0.1, 0.15) is 65.7 Å². The summed E-state index contributed by atoms with van der Waals surface area (Å²) in [4.78, 5) is 11.4. The molecule has 2 unspecified atom stereocenters. The summed E-state index contributed by atoms with van der Waals surface area (Å²) in [5, 5.41) is 9.36. The van der Waals surface area contributed by atoms with E-state index in [9.17, 15) is 9.90 Å². The Morgan fingerprint density at radius 1 is 1.27 bits per heavy atom. The molecular formula is C13H24O2. The third-order valence-electron chi connectivity index (χ3n) is 4.54. The molecule has 1 aliphatic carbocycles. The highest BCUT2D eigenvalue weighted by molar-refractivity contribution is 5.75. The van der Waals surface area contributed by atoms with Gasteiger partial charge in [0.1, 0.15) is 0 Å². The van der Waals surface area contributed by atoms with Crippen molar-refractivity contribution in [1.29, 1.82) is 0 Å². The van der Waals surface area contributed by atoms with Gasteiger partial charge in [-0.1, -0.05) is 39.5 Å². The van der Waals surface area contributed by atoms with Crippen LogP contribution in [0.25, 0.3) is 0 Å². The van der Waals surface area contributed by atoms with E-state index in [1.807, 2.05) is 6.92 Å². The number of aliphatic carboxylic acids is 1. The average Bonchev–Trinajstić information content (AvgIpc) is 2.45. The lowest BCUT2D eigenvalue weighted by Crippen LogP contribution is -2.39. The van der Waals surface area contributed by atoms with Crippen LogP contribution < -0.4 is 0 Å². The third-order valence-corrected chi connectivity index (χ3v) is 4.54. The largest absolute Gasteiger partial charge is 0.481 e. The maximum absolute atomic E-state index is 11.4. The van der Waals surface area contributed by atoms with Crippen LogP contribution in [0.4, 0.5) is 0 Å². The molecule has 1 N–H and O–H groups in total. The van der Waals surface area contributed by atoms with E-state index in [-0.39, 0.29) is 5.41 Å². The molecule has 2 atom stereocenters. The van der Waals surface area contributed by atoms with Crippen molar-refractivity contribution in [3.05, 3.63) is 0 Å². The molecule has 15 heavy (non-hydrogen) atoms. The second-order valence-corrected chi connectivity index (χ2v) is 5.51. The van der Waals surface area contributed by atoms with Crippen LogP contribution in [-0.2, 0) is 4.79 Å². The van der Waals surface area contributed by atoms with Crippen molar-refractivity contribution in [3.8, 4) is 0 Å². The standard InChI is InChI=1S/C13H24O2/c1-4-5-6-8-12(2)9-7-10-13(12,3)11(14)15/h4-10H2,1-3H3,(H,14,15). The minimum absolute atomic E-state index is 0.0218.